The van der Waals surface area contributed by atoms with Gasteiger partial charge in [0.15, 0.2) is 16.7 Å². The van der Waals surface area contributed by atoms with Crippen molar-refractivity contribution in [2.45, 2.75) is 11.2 Å². The molecule has 0 aliphatic rings. The lowest BCUT2D eigenvalue weighted by Crippen LogP contribution is -2.13. The number of aryl methyl sites for hydroxylation is 1. The van der Waals surface area contributed by atoms with Gasteiger partial charge in [0.1, 0.15) is 6.33 Å². The van der Waals surface area contributed by atoms with Crippen LogP contribution in [0.3, 0.4) is 0 Å². The minimum absolute atomic E-state index is 0.114. The van der Waals surface area contributed by atoms with Crippen molar-refractivity contribution in [2.24, 2.45) is 12.8 Å². The highest BCUT2D eigenvalue weighted by Gasteiger charge is 2.12. The Kier molecular flexibility index (Phi) is 4.86. The van der Waals surface area contributed by atoms with E-state index in [2.05, 4.69) is 10.2 Å². The number of thioether (sulfide) groups is 1. The zero-order valence-electron chi connectivity index (χ0n) is 11.7. The van der Waals surface area contributed by atoms with Gasteiger partial charge in [0.25, 0.3) is 0 Å². The number of hydrogen-bond acceptors (Lipinski definition) is 6. The van der Waals surface area contributed by atoms with Crippen molar-refractivity contribution in [2.75, 3.05) is 20.0 Å². The van der Waals surface area contributed by atoms with E-state index >= 15 is 0 Å². The molecule has 2 rings (SSSR count). The number of nitrogens with two attached hydrogens (primary N) is 1. The van der Waals surface area contributed by atoms with Gasteiger partial charge in [-0.05, 0) is 17.7 Å². The zero-order valence-corrected chi connectivity index (χ0v) is 12.6. The number of aromatic nitrogens is 3. The van der Waals surface area contributed by atoms with E-state index in [4.69, 9.17) is 15.2 Å². The molecular weight excluding hydrogens is 276 g/mol. The van der Waals surface area contributed by atoms with Crippen LogP contribution in [0.4, 0.5) is 0 Å². The summed E-state index contributed by atoms with van der Waals surface area (Å²) in [5.41, 5.74) is 7.20. The minimum Gasteiger partial charge on any atom is -0.493 e. The van der Waals surface area contributed by atoms with Crippen LogP contribution in [0, 0.1) is 0 Å². The number of nitrogens with zero attached hydrogens (tertiary/aromatic N) is 3. The first-order valence-corrected chi connectivity index (χ1v) is 7.08. The van der Waals surface area contributed by atoms with Crippen LogP contribution in [0.15, 0.2) is 29.7 Å². The molecule has 0 radical (unpaired) electrons. The molecule has 0 fully saturated rings. The lowest BCUT2D eigenvalue weighted by atomic mass is 10.1. The fraction of sp³-hybridized carbons (Fsp3) is 0.385. The van der Waals surface area contributed by atoms with Crippen LogP contribution < -0.4 is 15.2 Å². The molecule has 0 bridgehead atoms. The molecule has 7 heteroatoms. The molecular formula is C13H18N4O2S. The molecule has 0 saturated carbocycles. The molecule has 1 atom stereocenters. The monoisotopic (exact) mass is 294 g/mol. The number of benzene rings is 1. The van der Waals surface area contributed by atoms with Gasteiger partial charge in [0.2, 0.25) is 0 Å². The van der Waals surface area contributed by atoms with Gasteiger partial charge in [-0.15, -0.1) is 10.2 Å². The van der Waals surface area contributed by atoms with Crippen LogP contribution in [-0.4, -0.2) is 34.7 Å². The van der Waals surface area contributed by atoms with E-state index < -0.39 is 0 Å². The summed E-state index contributed by atoms with van der Waals surface area (Å²) in [5, 5.41) is 8.70. The van der Waals surface area contributed by atoms with Crippen molar-refractivity contribution in [3.8, 4) is 11.5 Å². The minimum atomic E-state index is -0.114. The molecule has 0 spiro atoms. The van der Waals surface area contributed by atoms with Crippen molar-refractivity contribution in [3.05, 3.63) is 30.1 Å². The average molecular weight is 294 g/mol. The molecule has 0 amide bonds. The van der Waals surface area contributed by atoms with Crippen LogP contribution in [0.2, 0.25) is 0 Å². The SMILES string of the molecule is COc1ccc(C(N)CSc2nncn2C)cc1OC. The summed E-state index contributed by atoms with van der Waals surface area (Å²) < 4.78 is 12.4. The first-order valence-electron chi connectivity index (χ1n) is 6.10. The van der Waals surface area contributed by atoms with Crippen LogP contribution in [0.25, 0.3) is 0 Å². The highest BCUT2D eigenvalue weighted by atomic mass is 32.2. The lowest BCUT2D eigenvalue weighted by Gasteiger charge is -2.14. The topological polar surface area (TPSA) is 75.2 Å². The highest BCUT2D eigenvalue weighted by molar-refractivity contribution is 7.99. The summed E-state index contributed by atoms with van der Waals surface area (Å²) in [7, 11) is 5.13. The molecule has 1 aromatic heterocycles. The fourth-order valence-electron chi connectivity index (χ4n) is 1.75. The largest absolute Gasteiger partial charge is 0.493 e. The van der Waals surface area contributed by atoms with Crippen molar-refractivity contribution >= 4 is 11.8 Å². The van der Waals surface area contributed by atoms with E-state index in [1.54, 1.807) is 32.3 Å². The molecule has 0 aliphatic carbocycles. The Balaban J connectivity index is 2.05. The van der Waals surface area contributed by atoms with Gasteiger partial charge in [-0.3, -0.25) is 0 Å². The Morgan fingerprint density at radius 2 is 2.05 bits per heavy atom. The maximum absolute atomic E-state index is 6.20. The van der Waals surface area contributed by atoms with Gasteiger partial charge in [-0.1, -0.05) is 17.8 Å². The number of hydrogen-bond donors (Lipinski definition) is 1. The number of methoxy groups -OCH3 is 2. The quantitative estimate of drug-likeness (QED) is 0.816. The van der Waals surface area contributed by atoms with Gasteiger partial charge >= 0.3 is 0 Å². The van der Waals surface area contributed by atoms with Crippen LogP contribution >= 0.6 is 11.8 Å². The smallest absolute Gasteiger partial charge is 0.190 e. The Morgan fingerprint density at radius 3 is 2.65 bits per heavy atom. The molecule has 0 saturated heterocycles. The molecule has 0 aliphatic heterocycles. The normalized spacial score (nSPS) is 12.2. The second-order valence-electron chi connectivity index (χ2n) is 4.26. The van der Waals surface area contributed by atoms with E-state index in [9.17, 15) is 0 Å². The molecule has 1 aromatic carbocycles. The van der Waals surface area contributed by atoms with Crippen molar-refractivity contribution in [1.82, 2.24) is 14.8 Å². The molecule has 1 unspecified atom stereocenters. The van der Waals surface area contributed by atoms with Gasteiger partial charge in [0.05, 0.1) is 14.2 Å². The van der Waals surface area contributed by atoms with Crippen LogP contribution in [-0.2, 0) is 7.05 Å². The summed E-state index contributed by atoms with van der Waals surface area (Å²) >= 11 is 1.57. The van der Waals surface area contributed by atoms with E-state index in [1.807, 2.05) is 29.8 Å². The lowest BCUT2D eigenvalue weighted by molar-refractivity contribution is 0.354. The summed E-state index contributed by atoms with van der Waals surface area (Å²) in [6.07, 6.45) is 1.67. The van der Waals surface area contributed by atoms with E-state index in [1.165, 1.54) is 0 Å². The second kappa shape index (κ2) is 6.62. The number of ether oxygens (including phenoxy) is 2. The molecule has 2 N–H and O–H groups in total. The van der Waals surface area contributed by atoms with Crippen molar-refractivity contribution < 1.29 is 9.47 Å². The van der Waals surface area contributed by atoms with Gasteiger partial charge in [-0.25, -0.2) is 0 Å². The molecule has 108 valence electrons. The summed E-state index contributed by atoms with van der Waals surface area (Å²) in [6.45, 7) is 0. The van der Waals surface area contributed by atoms with E-state index in [0.29, 0.717) is 17.3 Å². The first kappa shape index (κ1) is 14.7. The maximum atomic E-state index is 6.20. The van der Waals surface area contributed by atoms with E-state index in [-0.39, 0.29) is 6.04 Å². The molecule has 6 nitrogen and oxygen atoms in total. The van der Waals surface area contributed by atoms with Gasteiger partial charge in [0, 0.05) is 18.8 Å². The Bertz CT molecular complexity index is 573. The predicted octanol–water partition coefficient (Wildman–Crippen LogP) is 1.62. The summed E-state index contributed by atoms with van der Waals surface area (Å²) in [4.78, 5) is 0. The number of rotatable bonds is 6. The average Bonchev–Trinajstić information content (AvgIpc) is 2.89. The summed E-state index contributed by atoms with van der Waals surface area (Å²) in [5.74, 6) is 2.09. The Labute approximate surface area is 122 Å². The first-order chi connectivity index (χ1) is 9.65. The van der Waals surface area contributed by atoms with Crippen molar-refractivity contribution in [3.63, 3.8) is 0 Å². The van der Waals surface area contributed by atoms with Gasteiger partial charge < -0.3 is 19.8 Å². The Morgan fingerprint density at radius 1 is 1.30 bits per heavy atom. The van der Waals surface area contributed by atoms with Crippen LogP contribution in [0.1, 0.15) is 11.6 Å². The van der Waals surface area contributed by atoms with E-state index in [0.717, 1.165) is 10.7 Å². The molecule has 2 aromatic rings. The predicted molar refractivity (Wildman–Crippen MR) is 78.2 cm³/mol. The summed E-state index contributed by atoms with van der Waals surface area (Å²) in [6, 6.07) is 5.60. The third-order valence-corrected chi connectivity index (χ3v) is 4.05. The fourth-order valence-corrected chi connectivity index (χ4v) is 2.62. The third-order valence-electron chi connectivity index (χ3n) is 2.90. The molecule has 20 heavy (non-hydrogen) atoms. The Hall–Kier alpha value is -1.73. The third kappa shape index (κ3) is 3.23. The van der Waals surface area contributed by atoms with Crippen LogP contribution in [0.5, 0.6) is 11.5 Å². The van der Waals surface area contributed by atoms with Gasteiger partial charge in [-0.2, -0.15) is 0 Å². The highest BCUT2D eigenvalue weighted by Crippen LogP contribution is 2.30. The maximum Gasteiger partial charge on any atom is 0.190 e. The molecule has 1 heterocycles. The zero-order chi connectivity index (χ0) is 14.5. The second-order valence-corrected chi connectivity index (χ2v) is 5.24. The standard InChI is InChI=1S/C13H18N4O2S/c1-17-8-15-16-13(17)20-7-10(14)9-4-5-11(18-2)12(6-9)19-3/h4-6,8,10H,7,14H2,1-3H3. The van der Waals surface area contributed by atoms with Crippen molar-refractivity contribution in [1.29, 1.82) is 0 Å².